The van der Waals surface area contributed by atoms with Crippen LogP contribution < -0.4 is 19.7 Å². The Kier molecular flexibility index (Phi) is 5.63. The topological polar surface area (TPSA) is 67.9 Å². The minimum Gasteiger partial charge on any atom is -0.492 e. The first-order chi connectivity index (χ1) is 12.6. The SMILES string of the molecule is Cc1ccc(OCCN2C(=O)COc3cc(NC(=O)CCl)ccc32)cc1. The van der Waals surface area contributed by atoms with Crippen LogP contribution in [0.1, 0.15) is 5.56 Å². The predicted octanol–water partition coefficient (Wildman–Crippen LogP) is 2.98. The molecule has 0 saturated carbocycles. The van der Waals surface area contributed by atoms with Gasteiger partial charge in [0.2, 0.25) is 5.91 Å². The van der Waals surface area contributed by atoms with Crippen LogP contribution in [-0.2, 0) is 9.59 Å². The number of aryl methyl sites for hydroxylation is 1. The molecule has 26 heavy (non-hydrogen) atoms. The highest BCUT2D eigenvalue weighted by atomic mass is 35.5. The van der Waals surface area contributed by atoms with Crippen LogP contribution in [0.25, 0.3) is 0 Å². The van der Waals surface area contributed by atoms with E-state index < -0.39 is 0 Å². The number of amides is 2. The standard InChI is InChI=1S/C19H19ClN2O4/c1-13-2-5-15(6-3-13)25-9-8-22-16-7-4-14(21-18(23)11-20)10-17(16)26-12-19(22)24/h2-7,10H,8-9,11-12H2,1H3,(H,21,23). The van der Waals surface area contributed by atoms with Crippen LogP contribution in [0.3, 0.4) is 0 Å². The van der Waals surface area contributed by atoms with E-state index in [2.05, 4.69) is 5.32 Å². The number of anilines is 2. The largest absolute Gasteiger partial charge is 0.492 e. The minimum absolute atomic E-state index is 0.0512. The molecule has 0 spiro atoms. The smallest absolute Gasteiger partial charge is 0.265 e. The Bertz CT molecular complexity index is 808. The van der Waals surface area contributed by atoms with Crippen molar-refractivity contribution in [3.8, 4) is 11.5 Å². The highest BCUT2D eigenvalue weighted by Gasteiger charge is 2.25. The Hall–Kier alpha value is -2.73. The van der Waals surface area contributed by atoms with Gasteiger partial charge in [-0.3, -0.25) is 9.59 Å². The second-order valence-electron chi connectivity index (χ2n) is 5.86. The van der Waals surface area contributed by atoms with E-state index in [4.69, 9.17) is 21.1 Å². The maximum absolute atomic E-state index is 12.2. The van der Waals surface area contributed by atoms with Crippen molar-refractivity contribution >= 4 is 34.8 Å². The van der Waals surface area contributed by atoms with Gasteiger partial charge in [-0.15, -0.1) is 11.6 Å². The highest BCUT2D eigenvalue weighted by Crippen LogP contribution is 2.34. The second kappa shape index (κ2) is 8.10. The summed E-state index contributed by atoms with van der Waals surface area (Å²) in [6.07, 6.45) is 0. The number of ether oxygens (including phenoxy) is 2. The molecule has 7 heteroatoms. The Balaban J connectivity index is 1.67. The van der Waals surface area contributed by atoms with Crippen LogP contribution in [0, 0.1) is 6.92 Å². The van der Waals surface area contributed by atoms with Crippen molar-refractivity contribution in [1.82, 2.24) is 0 Å². The molecular weight excluding hydrogens is 356 g/mol. The molecule has 0 radical (unpaired) electrons. The first-order valence-corrected chi connectivity index (χ1v) is 8.73. The average molecular weight is 375 g/mol. The van der Waals surface area contributed by atoms with E-state index in [1.807, 2.05) is 31.2 Å². The average Bonchev–Trinajstić information content (AvgIpc) is 2.65. The number of nitrogens with zero attached hydrogens (tertiary/aromatic N) is 1. The minimum atomic E-state index is -0.304. The van der Waals surface area contributed by atoms with Crippen LogP contribution >= 0.6 is 11.6 Å². The molecule has 6 nitrogen and oxygen atoms in total. The molecule has 2 aromatic carbocycles. The van der Waals surface area contributed by atoms with Crippen molar-refractivity contribution in [1.29, 1.82) is 0 Å². The molecule has 2 amide bonds. The molecular formula is C19H19ClN2O4. The van der Waals surface area contributed by atoms with E-state index in [1.165, 1.54) is 0 Å². The Morgan fingerprint density at radius 2 is 2.04 bits per heavy atom. The van der Waals surface area contributed by atoms with E-state index >= 15 is 0 Å². The number of hydrogen-bond acceptors (Lipinski definition) is 4. The van der Waals surface area contributed by atoms with Gasteiger partial charge in [0, 0.05) is 11.8 Å². The summed E-state index contributed by atoms with van der Waals surface area (Å²) < 4.78 is 11.2. The van der Waals surface area contributed by atoms with Crippen molar-refractivity contribution < 1.29 is 19.1 Å². The summed E-state index contributed by atoms with van der Waals surface area (Å²) in [4.78, 5) is 25.2. The Labute approximate surface area is 156 Å². The van der Waals surface area contributed by atoms with Crippen molar-refractivity contribution in [2.75, 3.05) is 35.9 Å². The fourth-order valence-electron chi connectivity index (χ4n) is 2.61. The predicted molar refractivity (Wildman–Crippen MR) is 100 cm³/mol. The molecule has 0 aliphatic carbocycles. The first kappa shape index (κ1) is 18.1. The summed E-state index contributed by atoms with van der Waals surface area (Å²) in [7, 11) is 0. The Morgan fingerprint density at radius 1 is 1.27 bits per heavy atom. The third-order valence-electron chi connectivity index (χ3n) is 3.91. The maximum Gasteiger partial charge on any atom is 0.265 e. The molecule has 0 bridgehead atoms. The first-order valence-electron chi connectivity index (χ1n) is 8.19. The fraction of sp³-hybridized carbons (Fsp3) is 0.263. The number of halogens is 1. The van der Waals surface area contributed by atoms with Crippen LogP contribution in [0.15, 0.2) is 42.5 Å². The van der Waals surface area contributed by atoms with Gasteiger partial charge in [0.05, 0.1) is 12.2 Å². The van der Waals surface area contributed by atoms with Gasteiger partial charge in [0.25, 0.3) is 5.91 Å². The molecule has 1 N–H and O–H groups in total. The van der Waals surface area contributed by atoms with E-state index in [9.17, 15) is 9.59 Å². The molecule has 1 aliphatic heterocycles. The van der Waals surface area contributed by atoms with Crippen LogP contribution in [0.4, 0.5) is 11.4 Å². The summed E-state index contributed by atoms with van der Waals surface area (Å²) in [5, 5.41) is 2.66. The summed E-state index contributed by atoms with van der Waals surface area (Å²) in [6.45, 7) is 2.72. The van der Waals surface area contributed by atoms with Gasteiger partial charge in [-0.2, -0.15) is 0 Å². The second-order valence-corrected chi connectivity index (χ2v) is 6.13. The van der Waals surface area contributed by atoms with Gasteiger partial charge < -0.3 is 19.7 Å². The van der Waals surface area contributed by atoms with Gasteiger partial charge in [-0.1, -0.05) is 17.7 Å². The summed E-state index contributed by atoms with van der Waals surface area (Å²) >= 11 is 5.49. The van der Waals surface area contributed by atoms with Gasteiger partial charge >= 0.3 is 0 Å². The normalized spacial score (nSPS) is 13.0. The van der Waals surface area contributed by atoms with Crippen molar-refractivity contribution in [3.05, 3.63) is 48.0 Å². The molecule has 3 rings (SSSR count). The fourth-order valence-corrected chi connectivity index (χ4v) is 2.68. The lowest BCUT2D eigenvalue weighted by Crippen LogP contribution is -2.41. The number of nitrogens with one attached hydrogen (secondary N) is 1. The summed E-state index contributed by atoms with van der Waals surface area (Å²) in [5.41, 5.74) is 2.38. The van der Waals surface area contributed by atoms with E-state index in [-0.39, 0.29) is 24.3 Å². The van der Waals surface area contributed by atoms with Crippen LogP contribution in [0.5, 0.6) is 11.5 Å². The van der Waals surface area contributed by atoms with E-state index in [0.717, 1.165) is 11.3 Å². The molecule has 1 aliphatic rings. The third kappa shape index (κ3) is 4.26. The number of hydrogen-bond donors (Lipinski definition) is 1. The molecule has 136 valence electrons. The number of carbonyl (C=O) groups excluding carboxylic acids is 2. The highest BCUT2D eigenvalue weighted by molar-refractivity contribution is 6.29. The molecule has 0 saturated heterocycles. The third-order valence-corrected chi connectivity index (χ3v) is 4.16. The molecule has 0 atom stereocenters. The van der Waals surface area contributed by atoms with Crippen molar-refractivity contribution in [2.24, 2.45) is 0 Å². The van der Waals surface area contributed by atoms with Gasteiger partial charge in [0.1, 0.15) is 24.0 Å². The quantitative estimate of drug-likeness (QED) is 0.789. The summed E-state index contributed by atoms with van der Waals surface area (Å²) in [5.74, 6) is 0.728. The zero-order valence-corrected chi connectivity index (χ0v) is 15.1. The van der Waals surface area contributed by atoms with E-state index in [0.29, 0.717) is 30.3 Å². The maximum atomic E-state index is 12.2. The number of fused-ring (bicyclic) bond motifs is 1. The van der Waals surface area contributed by atoms with E-state index in [1.54, 1.807) is 23.1 Å². The monoisotopic (exact) mass is 374 g/mol. The van der Waals surface area contributed by atoms with Crippen molar-refractivity contribution in [3.63, 3.8) is 0 Å². The van der Waals surface area contributed by atoms with Gasteiger partial charge in [-0.05, 0) is 31.2 Å². The number of rotatable bonds is 6. The molecule has 2 aromatic rings. The zero-order valence-electron chi connectivity index (χ0n) is 14.3. The van der Waals surface area contributed by atoms with Crippen LogP contribution in [0.2, 0.25) is 0 Å². The number of alkyl halides is 1. The molecule has 0 aromatic heterocycles. The lowest BCUT2D eigenvalue weighted by molar-refractivity contribution is -0.121. The number of carbonyl (C=O) groups is 2. The number of benzene rings is 2. The lowest BCUT2D eigenvalue weighted by atomic mass is 10.2. The molecule has 0 fully saturated rings. The lowest BCUT2D eigenvalue weighted by Gasteiger charge is -2.29. The van der Waals surface area contributed by atoms with Crippen LogP contribution in [-0.4, -0.2) is 37.5 Å². The van der Waals surface area contributed by atoms with Gasteiger partial charge in [-0.25, -0.2) is 0 Å². The van der Waals surface area contributed by atoms with Gasteiger partial charge in [0.15, 0.2) is 6.61 Å². The van der Waals surface area contributed by atoms with Crippen molar-refractivity contribution in [2.45, 2.75) is 6.92 Å². The molecule has 1 heterocycles. The Morgan fingerprint density at radius 3 is 2.77 bits per heavy atom. The zero-order chi connectivity index (χ0) is 18.5. The molecule has 0 unspecified atom stereocenters. The summed E-state index contributed by atoms with van der Waals surface area (Å²) in [6, 6.07) is 12.9.